The van der Waals surface area contributed by atoms with Crippen LogP contribution in [0.15, 0.2) is 36.5 Å². The number of benzene rings is 1. The molecule has 0 radical (unpaired) electrons. The molecule has 0 bridgehead atoms. The molecule has 0 aliphatic rings. The maximum atomic E-state index is 5.90. The van der Waals surface area contributed by atoms with Gasteiger partial charge in [-0.25, -0.2) is 4.98 Å². The molecule has 2 aromatic rings. The predicted molar refractivity (Wildman–Crippen MR) is 75.7 cm³/mol. The van der Waals surface area contributed by atoms with Gasteiger partial charge < -0.3 is 15.2 Å². The number of aryl methyl sites for hydroxylation is 1. The summed E-state index contributed by atoms with van der Waals surface area (Å²) in [7, 11) is 0. The molecule has 0 saturated carbocycles. The van der Waals surface area contributed by atoms with E-state index in [1.54, 1.807) is 6.20 Å². The first-order chi connectivity index (χ1) is 9.06. The van der Waals surface area contributed by atoms with Crippen LogP contribution >= 0.6 is 0 Å². The Morgan fingerprint density at radius 1 is 1.16 bits per heavy atom. The van der Waals surface area contributed by atoms with E-state index in [0.29, 0.717) is 23.1 Å². The number of hydrogen-bond donors (Lipinski definition) is 1. The van der Waals surface area contributed by atoms with Crippen molar-refractivity contribution in [3.63, 3.8) is 0 Å². The first kappa shape index (κ1) is 13.2. The summed E-state index contributed by atoms with van der Waals surface area (Å²) in [4.78, 5) is 4.20. The molecule has 0 aliphatic heterocycles. The van der Waals surface area contributed by atoms with Gasteiger partial charge in [0.1, 0.15) is 0 Å². The lowest BCUT2D eigenvalue weighted by Crippen LogP contribution is -2.07. The summed E-state index contributed by atoms with van der Waals surface area (Å²) in [6.45, 7) is 5.89. The van der Waals surface area contributed by atoms with Gasteiger partial charge in [-0.1, -0.05) is 6.07 Å². The van der Waals surface area contributed by atoms with Crippen LogP contribution in [0.25, 0.3) is 0 Å². The largest absolute Gasteiger partial charge is 0.485 e. The molecule has 0 amide bonds. The van der Waals surface area contributed by atoms with Crippen LogP contribution in [-0.2, 0) is 0 Å². The fraction of sp³-hybridized carbons (Fsp3) is 0.267. The molecular weight excluding hydrogens is 240 g/mol. The Labute approximate surface area is 113 Å². The Morgan fingerprint density at radius 3 is 2.68 bits per heavy atom. The van der Waals surface area contributed by atoms with Gasteiger partial charge in [0.2, 0.25) is 0 Å². The highest BCUT2D eigenvalue weighted by Crippen LogP contribution is 2.33. The van der Waals surface area contributed by atoms with Gasteiger partial charge in [-0.05, 0) is 50.6 Å². The van der Waals surface area contributed by atoms with Crippen LogP contribution in [0, 0.1) is 6.92 Å². The third-order valence-corrected chi connectivity index (χ3v) is 2.47. The van der Waals surface area contributed by atoms with Gasteiger partial charge in [-0.15, -0.1) is 0 Å². The topological polar surface area (TPSA) is 57.4 Å². The van der Waals surface area contributed by atoms with E-state index in [2.05, 4.69) is 4.98 Å². The van der Waals surface area contributed by atoms with E-state index < -0.39 is 0 Å². The molecule has 2 N–H and O–H groups in total. The van der Waals surface area contributed by atoms with E-state index in [9.17, 15) is 0 Å². The molecule has 100 valence electrons. The van der Waals surface area contributed by atoms with Crippen LogP contribution in [-0.4, -0.2) is 11.1 Å². The van der Waals surface area contributed by atoms with Crippen molar-refractivity contribution in [1.82, 2.24) is 4.98 Å². The van der Waals surface area contributed by atoms with Crippen molar-refractivity contribution in [2.45, 2.75) is 26.9 Å². The van der Waals surface area contributed by atoms with Crippen LogP contribution in [0.3, 0.4) is 0 Å². The van der Waals surface area contributed by atoms with E-state index in [1.165, 1.54) is 0 Å². The van der Waals surface area contributed by atoms with Gasteiger partial charge in [0.05, 0.1) is 11.8 Å². The van der Waals surface area contributed by atoms with Gasteiger partial charge in [0.15, 0.2) is 11.5 Å². The number of nitrogens with zero attached hydrogens (tertiary/aromatic N) is 1. The van der Waals surface area contributed by atoms with E-state index in [1.807, 2.05) is 51.1 Å². The van der Waals surface area contributed by atoms with Crippen LogP contribution in [0.1, 0.15) is 19.4 Å². The summed E-state index contributed by atoms with van der Waals surface area (Å²) >= 11 is 0. The van der Waals surface area contributed by atoms with Crippen LogP contribution < -0.4 is 15.2 Å². The Kier molecular flexibility index (Phi) is 3.90. The number of ether oxygens (including phenoxy) is 2. The van der Waals surface area contributed by atoms with Crippen molar-refractivity contribution in [3.8, 4) is 17.4 Å². The molecule has 1 aromatic carbocycles. The molecule has 4 nitrogen and oxygen atoms in total. The molecular formula is C15H18N2O2. The second-order valence-corrected chi connectivity index (χ2v) is 4.62. The highest BCUT2D eigenvalue weighted by Gasteiger charge is 2.10. The zero-order valence-electron chi connectivity index (χ0n) is 11.4. The normalized spacial score (nSPS) is 10.5. The van der Waals surface area contributed by atoms with Crippen LogP contribution in [0.4, 0.5) is 5.69 Å². The molecule has 1 heterocycles. The minimum atomic E-state index is 0.0569. The van der Waals surface area contributed by atoms with Gasteiger partial charge in [0.25, 0.3) is 5.88 Å². The number of nitrogen functional groups attached to an aromatic ring is 1. The molecule has 4 heteroatoms. The number of nitrogens with two attached hydrogens (primary N) is 1. The second kappa shape index (κ2) is 5.61. The fourth-order valence-electron chi connectivity index (χ4n) is 1.63. The van der Waals surface area contributed by atoms with E-state index in [4.69, 9.17) is 15.2 Å². The van der Waals surface area contributed by atoms with Gasteiger partial charge >= 0.3 is 0 Å². The first-order valence-electron chi connectivity index (χ1n) is 6.22. The Morgan fingerprint density at radius 2 is 1.95 bits per heavy atom. The number of pyridine rings is 1. The standard InChI is InChI=1S/C15H18N2O2/c1-10(2)18-13-5-4-8-17-15(13)19-14-9-11(3)6-7-12(14)16/h4-10H,16H2,1-3H3. The molecule has 0 fully saturated rings. The smallest absolute Gasteiger partial charge is 0.262 e. The van der Waals surface area contributed by atoms with Crippen molar-refractivity contribution in [3.05, 3.63) is 42.1 Å². The molecule has 1 aromatic heterocycles. The average molecular weight is 258 g/mol. The van der Waals surface area contributed by atoms with E-state index >= 15 is 0 Å². The first-order valence-corrected chi connectivity index (χ1v) is 6.22. The van der Waals surface area contributed by atoms with Crippen molar-refractivity contribution in [2.75, 3.05) is 5.73 Å². The Bertz CT molecular complexity index is 568. The molecule has 0 saturated heterocycles. The lowest BCUT2D eigenvalue weighted by atomic mass is 10.2. The quantitative estimate of drug-likeness (QED) is 0.852. The van der Waals surface area contributed by atoms with E-state index in [-0.39, 0.29) is 6.10 Å². The summed E-state index contributed by atoms with van der Waals surface area (Å²) < 4.78 is 11.4. The number of rotatable bonds is 4. The third kappa shape index (κ3) is 3.37. The maximum Gasteiger partial charge on any atom is 0.262 e. The second-order valence-electron chi connectivity index (χ2n) is 4.62. The van der Waals surface area contributed by atoms with E-state index in [0.717, 1.165) is 5.56 Å². The summed E-state index contributed by atoms with van der Waals surface area (Å²) in [5, 5.41) is 0. The summed E-state index contributed by atoms with van der Waals surface area (Å²) in [5.41, 5.74) is 7.55. The van der Waals surface area contributed by atoms with Crippen molar-refractivity contribution in [2.24, 2.45) is 0 Å². The highest BCUT2D eigenvalue weighted by atomic mass is 16.5. The average Bonchev–Trinajstić information content (AvgIpc) is 2.35. The number of aromatic nitrogens is 1. The summed E-state index contributed by atoms with van der Waals surface area (Å²) in [6, 6.07) is 9.27. The number of hydrogen-bond acceptors (Lipinski definition) is 4. The van der Waals surface area contributed by atoms with Crippen molar-refractivity contribution in [1.29, 1.82) is 0 Å². The molecule has 2 rings (SSSR count). The zero-order chi connectivity index (χ0) is 13.8. The van der Waals surface area contributed by atoms with Gasteiger partial charge in [0, 0.05) is 6.20 Å². The molecule has 0 unspecified atom stereocenters. The third-order valence-electron chi connectivity index (χ3n) is 2.47. The Balaban J connectivity index is 2.30. The predicted octanol–water partition coefficient (Wildman–Crippen LogP) is 3.55. The van der Waals surface area contributed by atoms with Crippen molar-refractivity contribution >= 4 is 5.69 Å². The fourth-order valence-corrected chi connectivity index (χ4v) is 1.63. The number of anilines is 1. The Hall–Kier alpha value is -2.23. The lowest BCUT2D eigenvalue weighted by Gasteiger charge is -2.14. The lowest BCUT2D eigenvalue weighted by molar-refractivity contribution is 0.231. The van der Waals surface area contributed by atoms with Crippen molar-refractivity contribution < 1.29 is 9.47 Å². The van der Waals surface area contributed by atoms with Gasteiger partial charge in [-0.3, -0.25) is 0 Å². The summed E-state index contributed by atoms with van der Waals surface area (Å²) in [5.74, 6) is 1.62. The summed E-state index contributed by atoms with van der Waals surface area (Å²) in [6.07, 6.45) is 1.72. The highest BCUT2D eigenvalue weighted by molar-refractivity contribution is 5.55. The zero-order valence-corrected chi connectivity index (χ0v) is 11.4. The van der Waals surface area contributed by atoms with Crippen LogP contribution in [0.2, 0.25) is 0 Å². The molecule has 0 aliphatic carbocycles. The molecule has 0 spiro atoms. The monoisotopic (exact) mass is 258 g/mol. The minimum absolute atomic E-state index is 0.0569. The molecule has 0 atom stereocenters. The SMILES string of the molecule is Cc1ccc(N)c(Oc2ncccc2OC(C)C)c1. The van der Waals surface area contributed by atoms with Crippen LogP contribution in [0.5, 0.6) is 17.4 Å². The van der Waals surface area contributed by atoms with Gasteiger partial charge in [-0.2, -0.15) is 0 Å². The maximum absolute atomic E-state index is 5.90. The molecule has 19 heavy (non-hydrogen) atoms. The minimum Gasteiger partial charge on any atom is -0.485 e.